The highest BCUT2D eigenvalue weighted by Crippen LogP contribution is 2.34. The summed E-state index contributed by atoms with van der Waals surface area (Å²) in [5, 5.41) is 3.80. The summed E-state index contributed by atoms with van der Waals surface area (Å²) in [6.45, 7) is 8.02. The van der Waals surface area contributed by atoms with Gasteiger partial charge >= 0.3 is 6.18 Å². The number of benzene rings is 1. The van der Waals surface area contributed by atoms with Crippen molar-refractivity contribution < 1.29 is 30.9 Å². The molecule has 0 atom stereocenters. The van der Waals surface area contributed by atoms with Crippen molar-refractivity contribution in [3.05, 3.63) is 47.3 Å². The van der Waals surface area contributed by atoms with Crippen molar-refractivity contribution in [2.75, 3.05) is 0 Å². The molecule has 0 amide bonds. The molecule has 1 aromatic heterocycles. The van der Waals surface area contributed by atoms with Crippen LogP contribution in [0.15, 0.2) is 39.8 Å². The van der Waals surface area contributed by atoms with Crippen molar-refractivity contribution >= 4 is 15.6 Å². The lowest BCUT2D eigenvalue weighted by molar-refractivity contribution is -0.137. The quantitative estimate of drug-likeness (QED) is 0.723. The molecule has 0 N–H and O–H groups in total. The van der Waals surface area contributed by atoms with Crippen molar-refractivity contribution in [2.45, 2.75) is 62.3 Å². The topological polar surface area (TPSA) is 77.2 Å². The van der Waals surface area contributed by atoms with E-state index in [1.807, 2.05) is 20.8 Å². The summed E-state index contributed by atoms with van der Waals surface area (Å²) < 4.78 is 67.8. The van der Waals surface area contributed by atoms with Crippen LogP contribution in [-0.4, -0.2) is 24.1 Å². The largest absolute Gasteiger partial charge is 0.416 e. The second kappa shape index (κ2) is 7.02. The summed E-state index contributed by atoms with van der Waals surface area (Å²) in [7, 11) is -4.37. The number of carbonyl (C=O) groups is 1. The molecule has 2 rings (SSSR count). The maximum absolute atomic E-state index is 12.9. The zero-order valence-corrected chi connectivity index (χ0v) is 17.0. The minimum absolute atomic E-state index is 0.266. The Morgan fingerprint density at radius 3 is 2.18 bits per heavy atom. The van der Waals surface area contributed by atoms with Gasteiger partial charge in [0.05, 0.1) is 22.6 Å². The van der Waals surface area contributed by atoms with Crippen molar-refractivity contribution in [3.8, 4) is 0 Å². The van der Waals surface area contributed by atoms with Crippen molar-refractivity contribution in [1.29, 1.82) is 0 Å². The molecule has 0 spiro atoms. The van der Waals surface area contributed by atoms with E-state index in [1.165, 1.54) is 13.8 Å². The predicted molar refractivity (Wildman–Crippen MR) is 96.6 cm³/mol. The number of hydrogen-bond acceptors (Lipinski definition) is 5. The molecule has 0 unspecified atom stereocenters. The summed E-state index contributed by atoms with van der Waals surface area (Å²) in [4.78, 5) is 12.2. The zero-order valence-electron chi connectivity index (χ0n) is 16.2. The van der Waals surface area contributed by atoms with Crippen molar-refractivity contribution in [2.24, 2.45) is 0 Å². The highest BCUT2D eigenvalue weighted by molar-refractivity contribution is 7.93. The third-order valence-electron chi connectivity index (χ3n) is 4.45. The number of halogens is 3. The van der Waals surface area contributed by atoms with E-state index in [0.717, 1.165) is 18.2 Å². The third-order valence-corrected chi connectivity index (χ3v) is 6.90. The van der Waals surface area contributed by atoms with Gasteiger partial charge in [0.15, 0.2) is 15.6 Å². The fourth-order valence-electron chi connectivity index (χ4n) is 2.41. The molecule has 0 fully saturated rings. The van der Waals surface area contributed by atoms with Gasteiger partial charge in [-0.1, -0.05) is 32.0 Å². The van der Waals surface area contributed by atoms with Crippen LogP contribution in [0.2, 0.25) is 0 Å². The van der Waals surface area contributed by atoms with Gasteiger partial charge in [0.1, 0.15) is 10.5 Å². The summed E-state index contributed by atoms with van der Waals surface area (Å²) in [5.74, 6) is -0.160. The summed E-state index contributed by atoms with van der Waals surface area (Å²) in [5.41, 5.74) is -1.17. The molecule has 0 aliphatic carbocycles. The number of sulfone groups is 1. The molecule has 1 aromatic carbocycles. The molecule has 1 heterocycles. The molecule has 2 aromatic rings. The number of nitrogens with zero attached hydrogens (tertiary/aromatic N) is 1. The minimum Gasteiger partial charge on any atom is -0.361 e. The van der Waals surface area contributed by atoms with Crippen LogP contribution in [0.4, 0.5) is 13.2 Å². The van der Waals surface area contributed by atoms with Crippen molar-refractivity contribution in [1.82, 2.24) is 5.16 Å². The van der Waals surface area contributed by atoms with Crippen molar-refractivity contribution in [3.63, 3.8) is 0 Å². The Morgan fingerprint density at radius 1 is 1.07 bits per heavy atom. The first kappa shape index (κ1) is 22.1. The predicted octanol–water partition coefficient (Wildman–Crippen LogP) is 4.36. The molecule has 0 aliphatic rings. The standard InChI is InChI=1S/C19H22F3NO4S/c1-17(2,3)16-11-13(23-27-16)10-15(24)18(4,5)28(25,26)14-8-6-7-12(9-14)19(20,21)22/h6-9,11H,10H2,1-5H3. The number of carbonyl (C=O) groups excluding carboxylic acids is 1. The highest BCUT2D eigenvalue weighted by atomic mass is 32.2. The molecule has 154 valence electrons. The van der Waals surface area contributed by atoms with Crippen LogP contribution in [0.3, 0.4) is 0 Å². The monoisotopic (exact) mass is 417 g/mol. The van der Waals surface area contributed by atoms with Gasteiger partial charge < -0.3 is 4.52 Å². The molecular weight excluding hydrogens is 395 g/mol. The van der Waals surface area contributed by atoms with Gasteiger partial charge in [-0.15, -0.1) is 0 Å². The number of ketones is 1. The first-order valence-corrected chi connectivity index (χ1v) is 9.96. The molecule has 0 saturated carbocycles. The minimum atomic E-state index is -4.69. The van der Waals surface area contributed by atoms with Gasteiger partial charge in [0.25, 0.3) is 0 Å². The van der Waals surface area contributed by atoms with Gasteiger partial charge in [-0.3, -0.25) is 4.79 Å². The van der Waals surface area contributed by atoms with Crippen LogP contribution in [0.5, 0.6) is 0 Å². The Bertz CT molecular complexity index is 983. The molecule has 9 heteroatoms. The Morgan fingerprint density at radius 2 is 1.68 bits per heavy atom. The fourth-order valence-corrected chi connectivity index (χ4v) is 3.91. The van der Waals surface area contributed by atoms with E-state index in [0.29, 0.717) is 11.8 Å². The SMILES string of the molecule is CC(C)(C)c1cc(CC(=O)C(C)(C)S(=O)(=O)c2cccc(C(F)(F)F)c2)no1. The Kier molecular flexibility index (Phi) is 5.55. The van der Waals surface area contributed by atoms with Crippen LogP contribution >= 0.6 is 0 Å². The second-order valence-corrected chi connectivity index (χ2v) is 10.6. The van der Waals surface area contributed by atoms with Gasteiger partial charge in [0.2, 0.25) is 0 Å². The lowest BCUT2D eigenvalue weighted by Crippen LogP contribution is -2.41. The van der Waals surface area contributed by atoms with Crippen LogP contribution in [0.25, 0.3) is 0 Å². The Balaban J connectivity index is 2.34. The average Bonchev–Trinajstić information content (AvgIpc) is 3.02. The molecule has 0 aliphatic heterocycles. The molecule has 28 heavy (non-hydrogen) atoms. The van der Waals surface area contributed by atoms with E-state index in [2.05, 4.69) is 5.16 Å². The van der Waals surface area contributed by atoms with E-state index in [4.69, 9.17) is 4.52 Å². The highest BCUT2D eigenvalue weighted by Gasteiger charge is 2.43. The van der Waals surface area contributed by atoms with E-state index >= 15 is 0 Å². The van der Waals surface area contributed by atoms with Crippen LogP contribution in [-0.2, 0) is 32.6 Å². The average molecular weight is 417 g/mol. The number of rotatable bonds is 5. The van der Waals surface area contributed by atoms with E-state index in [-0.39, 0.29) is 17.5 Å². The molecule has 5 nitrogen and oxygen atoms in total. The Labute approximate surface area is 161 Å². The number of aromatic nitrogens is 1. The van der Waals surface area contributed by atoms with Crippen LogP contribution in [0, 0.1) is 0 Å². The second-order valence-electron chi connectivity index (χ2n) is 8.07. The van der Waals surface area contributed by atoms with Gasteiger partial charge in [0, 0.05) is 11.5 Å². The van der Waals surface area contributed by atoms with Crippen LogP contribution < -0.4 is 0 Å². The first-order valence-electron chi connectivity index (χ1n) is 8.48. The third kappa shape index (κ3) is 4.29. The Hall–Kier alpha value is -2.16. The molecular formula is C19H22F3NO4S. The van der Waals surface area contributed by atoms with E-state index in [9.17, 15) is 26.4 Å². The normalized spacial score (nSPS) is 13.6. The lowest BCUT2D eigenvalue weighted by atomic mass is 9.92. The van der Waals surface area contributed by atoms with Gasteiger partial charge in [-0.25, -0.2) is 8.42 Å². The number of alkyl halides is 3. The van der Waals surface area contributed by atoms with Gasteiger partial charge in [-0.05, 0) is 32.0 Å². The lowest BCUT2D eigenvalue weighted by Gasteiger charge is -2.23. The maximum Gasteiger partial charge on any atom is 0.416 e. The van der Waals surface area contributed by atoms with Crippen LogP contribution in [0.1, 0.15) is 51.6 Å². The molecule has 0 bridgehead atoms. The fraction of sp³-hybridized carbons (Fsp3) is 0.474. The number of hydrogen-bond donors (Lipinski definition) is 0. The molecule has 0 radical (unpaired) electrons. The van der Waals surface area contributed by atoms with Gasteiger partial charge in [-0.2, -0.15) is 13.2 Å². The van der Waals surface area contributed by atoms with E-state index < -0.39 is 37.0 Å². The summed E-state index contributed by atoms with van der Waals surface area (Å²) in [6, 6.07) is 4.94. The zero-order chi connectivity index (χ0) is 21.5. The molecule has 0 saturated heterocycles. The van der Waals surface area contributed by atoms with E-state index in [1.54, 1.807) is 6.07 Å². The number of Topliss-reactive ketones (excluding diaryl/α,β-unsaturated/α-hetero) is 1. The smallest absolute Gasteiger partial charge is 0.361 e. The summed E-state index contributed by atoms with van der Waals surface area (Å²) >= 11 is 0. The first-order chi connectivity index (χ1) is 12.6. The maximum atomic E-state index is 12.9. The summed E-state index contributed by atoms with van der Waals surface area (Å²) in [6.07, 6.45) is -5.01.